The number of halogens is 1. The van der Waals surface area contributed by atoms with E-state index in [0.717, 1.165) is 12.8 Å². The fourth-order valence-corrected chi connectivity index (χ4v) is 3.73. The summed E-state index contributed by atoms with van der Waals surface area (Å²) in [6, 6.07) is 0. The Morgan fingerprint density at radius 1 is 1.31 bits per heavy atom. The molecule has 0 bridgehead atoms. The predicted molar refractivity (Wildman–Crippen MR) is 49.6 cm³/mol. The van der Waals surface area contributed by atoms with Crippen molar-refractivity contribution in [1.29, 1.82) is 0 Å². The Balaban J connectivity index is 1.79. The first-order valence-corrected chi connectivity index (χ1v) is 5.74. The van der Waals surface area contributed by atoms with Gasteiger partial charge in [-0.1, -0.05) is 15.9 Å². The second-order valence-corrected chi connectivity index (χ2v) is 5.29. The van der Waals surface area contributed by atoms with Crippen LogP contribution in [0.3, 0.4) is 0 Å². The number of aliphatic hydroxyl groups is 1. The van der Waals surface area contributed by atoms with Gasteiger partial charge in [-0.2, -0.15) is 0 Å². The van der Waals surface area contributed by atoms with Gasteiger partial charge in [0.1, 0.15) is 0 Å². The maximum Gasteiger partial charge on any atom is 0.171 e. The lowest BCUT2D eigenvalue weighted by Crippen LogP contribution is -2.54. The normalized spacial score (nSPS) is 52.2. The minimum Gasteiger partial charge on any atom is -0.392 e. The highest BCUT2D eigenvalue weighted by molar-refractivity contribution is 9.09. The Morgan fingerprint density at radius 3 is 2.62 bits per heavy atom. The molecule has 1 heterocycles. The van der Waals surface area contributed by atoms with Crippen molar-refractivity contribution in [1.82, 2.24) is 0 Å². The summed E-state index contributed by atoms with van der Waals surface area (Å²) in [6.45, 7) is 1.43. The predicted octanol–water partition coefficient (Wildman–Crippen LogP) is 0.894. The molecule has 0 aromatic rings. The molecule has 2 saturated carbocycles. The zero-order valence-electron chi connectivity index (χ0n) is 7.28. The molecule has 1 saturated heterocycles. The summed E-state index contributed by atoms with van der Waals surface area (Å²) in [4.78, 5) is 0.246. The SMILES string of the molecule is OC1CC2C(CC23OCCO3)C1Br. The van der Waals surface area contributed by atoms with Gasteiger partial charge in [0.25, 0.3) is 0 Å². The van der Waals surface area contributed by atoms with Crippen molar-refractivity contribution in [2.45, 2.75) is 29.6 Å². The van der Waals surface area contributed by atoms with E-state index in [1.54, 1.807) is 0 Å². The number of fused-ring (bicyclic) bond motifs is 2. The van der Waals surface area contributed by atoms with E-state index in [4.69, 9.17) is 9.47 Å². The summed E-state index contributed by atoms with van der Waals surface area (Å²) in [6.07, 6.45) is 1.55. The lowest BCUT2D eigenvalue weighted by atomic mass is 9.70. The third-order valence-electron chi connectivity index (χ3n) is 3.65. The van der Waals surface area contributed by atoms with E-state index in [0.29, 0.717) is 25.0 Å². The summed E-state index contributed by atoms with van der Waals surface area (Å²) >= 11 is 3.53. The number of ether oxygens (including phenoxy) is 2. The lowest BCUT2D eigenvalue weighted by molar-refractivity contribution is -0.266. The molecule has 3 fully saturated rings. The van der Waals surface area contributed by atoms with Crippen LogP contribution in [0.2, 0.25) is 0 Å². The Morgan fingerprint density at radius 2 is 2.00 bits per heavy atom. The van der Waals surface area contributed by atoms with Crippen LogP contribution in [0.5, 0.6) is 0 Å². The molecule has 3 nitrogen and oxygen atoms in total. The summed E-state index contributed by atoms with van der Waals surface area (Å²) in [5, 5.41) is 9.66. The van der Waals surface area contributed by atoms with Gasteiger partial charge in [-0.05, 0) is 12.3 Å². The van der Waals surface area contributed by atoms with Crippen LogP contribution in [-0.4, -0.2) is 35.0 Å². The van der Waals surface area contributed by atoms with Gasteiger partial charge in [0, 0.05) is 17.2 Å². The summed E-state index contributed by atoms with van der Waals surface area (Å²) < 4.78 is 11.3. The van der Waals surface area contributed by atoms with Gasteiger partial charge >= 0.3 is 0 Å². The average Bonchev–Trinajstić information content (AvgIpc) is 2.65. The van der Waals surface area contributed by atoms with Crippen LogP contribution < -0.4 is 0 Å². The molecule has 13 heavy (non-hydrogen) atoms. The molecule has 1 N–H and O–H groups in total. The molecule has 0 aromatic heterocycles. The van der Waals surface area contributed by atoms with E-state index in [9.17, 15) is 5.11 Å². The van der Waals surface area contributed by atoms with E-state index in [1.165, 1.54) is 0 Å². The highest BCUT2D eigenvalue weighted by Crippen LogP contribution is 2.59. The fraction of sp³-hybridized carbons (Fsp3) is 1.00. The van der Waals surface area contributed by atoms with Crippen molar-refractivity contribution in [3.05, 3.63) is 0 Å². The van der Waals surface area contributed by atoms with Gasteiger partial charge in [0.15, 0.2) is 5.79 Å². The monoisotopic (exact) mass is 248 g/mol. The molecule has 4 atom stereocenters. The molecule has 74 valence electrons. The lowest BCUT2D eigenvalue weighted by Gasteiger charge is -2.48. The van der Waals surface area contributed by atoms with Gasteiger partial charge < -0.3 is 14.6 Å². The molecule has 0 amide bonds. The van der Waals surface area contributed by atoms with Crippen molar-refractivity contribution >= 4 is 15.9 Å². The van der Waals surface area contributed by atoms with E-state index in [2.05, 4.69) is 15.9 Å². The topological polar surface area (TPSA) is 38.7 Å². The van der Waals surface area contributed by atoms with Gasteiger partial charge in [0.05, 0.1) is 19.3 Å². The molecule has 3 rings (SSSR count). The van der Waals surface area contributed by atoms with E-state index >= 15 is 0 Å². The van der Waals surface area contributed by atoms with Crippen LogP contribution in [-0.2, 0) is 9.47 Å². The summed E-state index contributed by atoms with van der Waals surface area (Å²) in [5.41, 5.74) is 0. The van der Waals surface area contributed by atoms with Gasteiger partial charge in [0.2, 0.25) is 0 Å². The molecule has 4 heteroatoms. The Hall–Kier alpha value is 0.360. The molecule has 3 aliphatic rings. The second-order valence-electron chi connectivity index (χ2n) is 4.23. The Labute approximate surface area is 85.5 Å². The molecule has 0 aromatic carbocycles. The maximum absolute atomic E-state index is 9.66. The number of alkyl halides is 1. The minimum absolute atomic E-state index is 0.220. The molecular formula is C9H13BrO3. The van der Waals surface area contributed by atoms with Crippen LogP contribution in [0.25, 0.3) is 0 Å². The van der Waals surface area contributed by atoms with E-state index in [1.807, 2.05) is 0 Å². The zero-order valence-corrected chi connectivity index (χ0v) is 8.87. The summed E-state index contributed by atoms with van der Waals surface area (Å²) in [5.74, 6) is 0.649. The van der Waals surface area contributed by atoms with Crippen molar-refractivity contribution in [2.75, 3.05) is 13.2 Å². The number of hydrogen-bond donors (Lipinski definition) is 1. The molecule has 2 aliphatic carbocycles. The Kier molecular flexibility index (Phi) is 1.79. The molecule has 0 radical (unpaired) electrons. The third-order valence-corrected chi connectivity index (χ3v) is 4.94. The van der Waals surface area contributed by atoms with Crippen LogP contribution in [0, 0.1) is 11.8 Å². The number of rotatable bonds is 0. The highest BCUT2D eigenvalue weighted by Gasteiger charge is 2.64. The van der Waals surface area contributed by atoms with Gasteiger partial charge in [-0.3, -0.25) is 0 Å². The van der Waals surface area contributed by atoms with Gasteiger partial charge in [-0.25, -0.2) is 0 Å². The molecule has 1 spiro atoms. The highest BCUT2D eigenvalue weighted by atomic mass is 79.9. The molecule has 4 unspecified atom stereocenters. The number of aliphatic hydroxyl groups excluding tert-OH is 1. The fourth-order valence-electron chi connectivity index (χ4n) is 2.95. The second kappa shape index (κ2) is 2.69. The standard InChI is InChI=1S/C9H13BrO3/c10-8-5-4-9(12-1-2-13-9)6(5)3-7(8)11/h5-8,11H,1-4H2. The molecule has 1 aliphatic heterocycles. The van der Waals surface area contributed by atoms with Crippen LogP contribution >= 0.6 is 15.9 Å². The molecular weight excluding hydrogens is 236 g/mol. The third kappa shape index (κ3) is 1.00. The zero-order chi connectivity index (χ0) is 9.05. The van der Waals surface area contributed by atoms with Crippen molar-refractivity contribution in [3.8, 4) is 0 Å². The first-order valence-electron chi connectivity index (χ1n) is 4.83. The van der Waals surface area contributed by atoms with Gasteiger partial charge in [-0.15, -0.1) is 0 Å². The van der Waals surface area contributed by atoms with Crippen molar-refractivity contribution in [3.63, 3.8) is 0 Å². The van der Waals surface area contributed by atoms with Crippen LogP contribution in [0.4, 0.5) is 0 Å². The average molecular weight is 249 g/mol. The largest absolute Gasteiger partial charge is 0.392 e. The first-order chi connectivity index (χ1) is 6.23. The first kappa shape index (κ1) is 8.65. The number of hydrogen-bond acceptors (Lipinski definition) is 3. The Bertz CT molecular complexity index is 227. The minimum atomic E-state index is -0.311. The smallest absolute Gasteiger partial charge is 0.171 e. The van der Waals surface area contributed by atoms with Crippen molar-refractivity contribution < 1.29 is 14.6 Å². The van der Waals surface area contributed by atoms with E-state index < -0.39 is 0 Å². The maximum atomic E-state index is 9.66. The quantitative estimate of drug-likeness (QED) is 0.648. The van der Waals surface area contributed by atoms with E-state index in [-0.39, 0.29) is 16.7 Å². The summed E-state index contributed by atoms with van der Waals surface area (Å²) in [7, 11) is 0. The van der Waals surface area contributed by atoms with Crippen molar-refractivity contribution in [2.24, 2.45) is 11.8 Å². The van der Waals surface area contributed by atoms with Crippen LogP contribution in [0.1, 0.15) is 12.8 Å². The van der Waals surface area contributed by atoms with Crippen LogP contribution in [0.15, 0.2) is 0 Å².